The molecule has 0 aromatic rings. The van der Waals surface area contributed by atoms with E-state index in [-0.39, 0.29) is 6.15 Å². The van der Waals surface area contributed by atoms with E-state index in [4.69, 9.17) is 0 Å². The van der Waals surface area contributed by atoms with Crippen molar-refractivity contribution in [2.75, 3.05) is 0 Å². The highest BCUT2D eigenvalue weighted by atomic mass is 14.1. The molecule has 0 rings (SSSR count). The van der Waals surface area contributed by atoms with Crippen LogP contribution in [0, 0.1) is 5.92 Å². The van der Waals surface area contributed by atoms with Crippen LogP contribution in [-0.4, -0.2) is 0 Å². The molecule has 0 radical (unpaired) electrons. The molecular formula is C15H33N. The number of unbranched alkanes of at least 4 members (excludes halogenated alkanes) is 6. The van der Waals surface area contributed by atoms with Crippen LogP contribution in [0.2, 0.25) is 0 Å². The molecule has 1 atom stereocenters. The van der Waals surface area contributed by atoms with Crippen molar-refractivity contribution in [3.05, 3.63) is 12.7 Å². The molecule has 0 aliphatic carbocycles. The maximum absolute atomic E-state index is 3.75. The Morgan fingerprint density at radius 1 is 0.938 bits per heavy atom. The topological polar surface area (TPSA) is 35.0 Å². The fourth-order valence-electron chi connectivity index (χ4n) is 2.01. The third-order valence-corrected chi connectivity index (χ3v) is 3.16. The second-order valence-corrected chi connectivity index (χ2v) is 4.88. The minimum atomic E-state index is 0. The van der Waals surface area contributed by atoms with Gasteiger partial charge in [-0.05, 0) is 18.8 Å². The molecular weight excluding hydrogens is 194 g/mol. The van der Waals surface area contributed by atoms with Crippen molar-refractivity contribution < 1.29 is 0 Å². The first kappa shape index (κ1) is 18.1. The largest absolute Gasteiger partial charge is 0.344 e. The molecule has 0 aromatic heterocycles. The Morgan fingerprint density at radius 3 is 2.12 bits per heavy atom. The summed E-state index contributed by atoms with van der Waals surface area (Å²) in [5.41, 5.74) is 0. The Labute approximate surface area is 103 Å². The average molecular weight is 227 g/mol. The normalized spacial score (nSPS) is 11.9. The smallest absolute Gasteiger partial charge is 0.0353 e. The summed E-state index contributed by atoms with van der Waals surface area (Å²) >= 11 is 0. The molecule has 16 heavy (non-hydrogen) atoms. The van der Waals surface area contributed by atoms with Gasteiger partial charge in [0.15, 0.2) is 0 Å². The summed E-state index contributed by atoms with van der Waals surface area (Å²) in [6, 6.07) is 0. The van der Waals surface area contributed by atoms with Crippen LogP contribution >= 0.6 is 0 Å². The molecule has 0 aliphatic heterocycles. The second-order valence-electron chi connectivity index (χ2n) is 4.88. The molecule has 0 saturated heterocycles. The van der Waals surface area contributed by atoms with Crippen LogP contribution in [-0.2, 0) is 0 Å². The van der Waals surface area contributed by atoms with Crippen LogP contribution in [0.4, 0.5) is 0 Å². The summed E-state index contributed by atoms with van der Waals surface area (Å²) in [7, 11) is 0. The first-order valence-corrected chi connectivity index (χ1v) is 6.92. The fraction of sp³-hybridized carbons (Fsp3) is 0.867. The molecule has 1 nitrogen and oxygen atoms in total. The highest BCUT2D eigenvalue weighted by Crippen LogP contribution is 2.16. The quantitative estimate of drug-likeness (QED) is 0.346. The van der Waals surface area contributed by atoms with Gasteiger partial charge in [-0.3, -0.25) is 0 Å². The van der Waals surface area contributed by atoms with E-state index in [1.54, 1.807) is 0 Å². The molecule has 0 amide bonds. The summed E-state index contributed by atoms with van der Waals surface area (Å²) in [5.74, 6) is 0.957. The molecule has 98 valence electrons. The van der Waals surface area contributed by atoms with E-state index in [0.717, 1.165) is 5.92 Å². The van der Waals surface area contributed by atoms with E-state index in [1.165, 1.54) is 64.2 Å². The third kappa shape index (κ3) is 13.7. The highest BCUT2D eigenvalue weighted by Gasteiger charge is 2.00. The zero-order valence-corrected chi connectivity index (χ0v) is 11.6. The van der Waals surface area contributed by atoms with Crippen LogP contribution in [0.3, 0.4) is 0 Å². The molecule has 0 bridgehead atoms. The Hall–Kier alpha value is -0.300. The summed E-state index contributed by atoms with van der Waals surface area (Å²) in [6.45, 7) is 8.44. The maximum Gasteiger partial charge on any atom is -0.0353 e. The molecule has 1 heteroatoms. The van der Waals surface area contributed by atoms with Crippen LogP contribution in [0.15, 0.2) is 12.7 Å². The third-order valence-electron chi connectivity index (χ3n) is 3.16. The first-order valence-electron chi connectivity index (χ1n) is 6.92. The van der Waals surface area contributed by atoms with Crippen molar-refractivity contribution >= 4 is 0 Å². The van der Waals surface area contributed by atoms with Gasteiger partial charge in [-0.25, -0.2) is 0 Å². The highest BCUT2D eigenvalue weighted by molar-refractivity contribution is 4.65. The molecule has 1 unspecified atom stereocenters. The Bertz CT molecular complexity index is 131. The molecule has 3 N–H and O–H groups in total. The lowest BCUT2D eigenvalue weighted by atomic mass is 9.97. The van der Waals surface area contributed by atoms with Crippen molar-refractivity contribution in [2.45, 2.75) is 78.1 Å². The lowest BCUT2D eigenvalue weighted by molar-refractivity contribution is 0.442. The summed E-state index contributed by atoms with van der Waals surface area (Å²) in [5, 5.41) is 0. The molecule has 0 spiro atoms. The average Bonchev–Trinajstić information content (AvgIpc) is 2.25. The predicted molar refractivity (Wildman–Crippen MR) is 76.2 cm³/mol. The van der Waals surface area contributed by atoms with E-state index < -0.39 is 0 Å². The van der Waals surface area contributed by atoms with E-state index in [9.17, 15) is 0 Å². The van der Waals surface area contributed by atoms with Crippen LogP contribution < -0.4 is 6.15 Å². The predicted octanol–water partition coefficient (Wildman–Crippen LogP) is 5.89. The van der Waals surface area contributed by atoms with Gasteiger partial charge in [-0.1, -0.05) is 71.3 Å². The summed E-state index contributed by atoms with van der Waals surface area (Å²) < 4.78 is 0. The van der Waals surface area contributed by atoms with Crippen molar-refractivity contribution in [2.24, 2.45) is 5.92 Å². The van der Waals surface area contributed by atoms with Crippen molar-refractivity contribution in [3.8, 4) is 0 Å². The summed E-state index contributed by atoms with van der Waals surface area (Å²) in [6.07, 6.45) is 15.9. The fourth-order valence-corrected chi connectivity index (χ4v) is 2.01. The van der Waals surface area contributed by atoms with Crippen LogP contribution in [0.25, 0.3) is 0 Å². The van der Waals surface area contributed by atoms with Gasteiger partial charge in [0.2, 0.25) is 0 Å². The standard InChI is InChI=1S/C15H30.H3N/c1-4-6-8-9-10-11-12-14-15(3)13-7-5-2;/h4,15H,1,5-14H2,2-3H3;1H3. The Balaban J connectivity index is 0. The van der Waals surface area contributed by atoms with Gasteiger partial charge >= 0.3 is 0 Å². The van der Waals surface area contributed by atoms with Crippen molar-refractivity contribution in [1.29, 1.82) is 0 Å². The minimum absolute atomic E-state index is 0. The van der Waals surface area contributed by atoms with Gasteiger partial charge in [-0.15, -0.1) is 6.58 Å². The lowest BCUT2D eigenvalue weighted by Gasteiger charge is -2.09. The molecule has 0 aromatic carbocycles. The molecule has 0 heterocycles. The van der Waals surface area contributed by atoms with Crippen LogP contribution in [0.5, 0.6) is 0 Å². The van der Waals surface area contributed by atoms with Crippen molar-refractivity contribution in [1.82, 2.24) is 6.15 Å². The van der Waals surface area contributed by atoms with Gasteiger partial charge in [0.25, 0.3) is 0 Å². The Kier molecular flexibility index (Phi) is 16.6. The van der Waals surface area contributed by atoms with E-state index >= 15 is 0 Å². The number of hydrogen-bond acceptors (Lipinski definition) is 1. The molecule has 0 aliphatic rings. The van der Waals surface area contributed by atoms with E-state index in [0.29, 0.717) is 0 Å². The van der Waals surface area contributed by atoms with Gasteiger partial charge in [-0.2, -0.15) is 0 Å². The SMILES string of the molecule is C=CCCCCCCCC(C)CCCC.N. The Morgan fingerprint density at radius 2 is 1.50 bits per heavy atom. The number of rotatable bonds is 11. The number of hydrogen-bond donors (Lipinski definition) is 1. The molecule has 0 saturated carbocycles. The zero-order chi connectivity index (χ0) is 11.4. The lowest BCUT2D eigenvalue weighted by Crippen LogP contribution is -1.94. The maximum atomic E-state index is 3.75. The zero-order valence-electron chi connectivity index (χ0n) is 11.6. The van der Waals surface area contributed by atoms with Crippen molar-refractivity contribution in [3.63, 3.8) is 0 Å². The van der Waals surface area contributed by atoms with E-state index in [1.807, 2.05) is 6.08 Å². The van der Waals surface area contributed by atoms with Gasteiger partial charge in [0.05, 0.1) is 0 Å². The van der Waals surface area contributed by atoms with E-state index in [2.05, 4.69) is 20.4 Å². The van der Waals surface area contributed by atoms with Gasteiger partial charge in [0.1, 0.15) is 0 Å². The summed E-state index contributed by atoms with van der Waals surface area (Å²) in [4.78, 5) is 0. The second kappa shape index (κ2) is 14.7. The molecule has 0 fully saturated rings. The monoisotopic (exact) mass is 227 g/mol. The van der Waals surface area contributed by atoms with Crippen LogP contribution in [0.1, 0.15) is 78.1 Å². The van der Waals surface area contributed by atoms with Gasteiger partial charge < -0.3 is 6.15 Å². The first-order chi connectivity index (χ1) is 7.31. The van der Waals surface area contributed by atoms with Gasteiger partial charge in [0, 0.05) is 0 Å². The minimum Gasteiger partial charge on any atom is -0.344 e. The number of allylic oxidation sites excluding steroid dienone is 1.